The van der Waals surface area contributed by atoms with Crippen LogP contribution in [0.3, 0.4) is 0 Å². The van der Waals surface area contributed by atoms with Gasteiger partial charge in [0.25, 0.3) is 5.91 Å². The van der Waals surface area contributed by atoms with Crippen LogP contribution in [-0.2, 0) is 11.3 Å². The van der Waals surface area contributed by atoms with Gasteiger partial charge in [-0.05, 0) is 36.8 Å². The van der Waals surface area contributed by atoms with Crippen LogP contribution in [0.15, 0.2) is 87.4 Å². The van der Waals surface area contributed by atoms with Crippen LogP contribution in [0, 0.1) is 0 Å². The van der Waals surface area contributed by atoms with E-state index >= 15 is 0 Å². The largest absolute Gasteiger partial charge is 0.493 e. The Kier molecular flexibility index (Phi) is 7.58. The van der Waals surface area contributed by atoms with Crippen LogP contribution in [0.25, 0.3) is 10.9 Å². The smallest absolute Gasteiger partial charge is 0.253 e. The van der Waals surface area contributed by atoms with E-state index in [1.54, 1.807) is 31.0 Å². The molecule has 1 aromatic heterocycles. The highest BCUT2D eigenvalue weighted by Crippen LogP contribution is 2.42. The first-order chi connectivity index (χ1) is 18.0. The van der Waals surface area contributed by atoms with E-state index in [-0.39, 0.29) is 17.7 Å². The monoisotopic (exact) mass is 577 g/mol. The molecule has 4 aromatic rings. The van der Waals surface area contributed by atoms with Gasteiger partial charge in [0.15, 0.2) is 11.5 Å². The SMILES string of the molecule is CCn1cc(SCC(=O)N2N=C(c3ccc(Br)cc3)CC2c2cccc(OC)c2OC)c2ccccc21. The van der Waals surface area contributed by atoms with Gasteiger partial charge in [-0.25, -0.2) is 5.01 Å². The molecule has 0 spiro atoms. The number of ether oxygens (including phenoxy) is 2. The topological polar surface area (TPSA) is 56.1 Å². The Hall–Kier alpha value is -3.23. The predicted molar refractivity (Wildman–Crippen MR) is 153 cm³/mol. The number of hydrazone groups is 1. The van der Waals surface area contributed by atoms with Crippen molar-refractivity contribution in [2.75, 3.05) is 20.0 Å². The summed E-state index contributed by atoms with van der Waals surface area (Å²) < 4.78 is 14.5. The minimum atomic E-state index is -0.297. The van der Waals surface area contributed by atoms with E-state index in [4.69, 9.17) is 14.6 Å². The maximum Gasteiger partial charge on any atom is 0.253 e. The van der Waals surface area contributed by atoms with Gasteiger partial charge in [0.1, 0.15) is 0 Å². The molecule has 0 aliphatic carbocycles. The highest BCUT2D eigenvalue weighted by molar-refractivity contribution is 9.10. The standard InChI is InChI=1S/C29H28BrN3O3S/c1-4-32-17-27(21-8-5-6-10-24(21)32)37-18-28(34)33-25(22-9-7-11-26(35-2)29(22)36-3)16-23(31-33)19-12-14-20(30)15-13-19/h5-15,17,25H,4,16,18H2,1-3H3. The Balaban J connectivity index is 1.47. The van der Waals surface area contributed by atoms with E-state index in [1.807, 2.05) is 54.6 Å². The molecule has 0 saturated heterocycles. The molecular formula is C29H28BrN3O3S. The van der Waals surface area contributed by atoms with Gasteiger partial charge in [-0.2, -0.15) is 5.10 Å². The van der Waals surface area contributed by atoms with Crippen LogP contribution in [0.2, 0.25) is 0 Å². The molecule has 2 heterocycles. The molecule has 0 radical (unpaired) electrons. The van der Waals surface area contributed by atoms with E-state index in [0.29, 0.717) is 17.9 Å². The van der Waals surface area contributed by atoms with Crippen molar-refractivity contribution < 1.29 is 14.3 Å². The fourth-order valence-corrected chi connectivity index (χ4v) is 5.97. The van der Waals surface area contributed by atoms with Crippen molar-refractivity contribution in [3.63, 3.8) is 0 Å². The second-order valence-electron chi connectivity index (χ2n) is 8.68. The van der Waals surface area contributed by atoms with Crippen molar-refractivity contribution in [1.82, 2.24) is 9.58 Å². The number of hydrogen-bond acceptors (Lipinski definition) is 5. The molecule has 1 aliphatic heterocycles. The van der Waals surface area contributed by atoms with E-state index in [0.717, 1.165) is 38.1 Å². The van der Waals surface area contributed by atoms with Crippen LogP contribution < -0.4 is 9.47 Å². The van der Waals surface area contributed by atoms with Crippen molar-refractivity contribution in [3.05, 3.63) is 88.5 Å². The molecule has 3 aromatic carbocycles. The molecule has 5 rings (SSSR count). The van der Waals surface area contributed by atoms with Crippen LogP contribution in [-0.4, -0.2) is 41.2 Å². The number of aromatic nitrogens is 1. The fraction of sp³-hybridized carbons (Fsp3) is 0.241. The average Bonchev–Trinajstić information content (AvgIpc) is 3.54. The number of hydrogen-bond donors (Lipinski definition) is 0. The van der Waals surface area contributed by atoms with Gasteiger partial charge in [0, 0.05) is 45.0 Å². The van der Waals surface area contributed by atoms with Gasteiger partial charge in [0.2, 0.25) is 0 Å². The van der Waals surface area contributed by atoms with Gasteiger partial charge in [-0.1, -0.05) is 58.4 Å². The number of fused-ring (bicyclic) bond motifs is 1. The average molecular weight is 579 g/mol. The normalized spacial score (nSPS) is 15.2. The quantitative estimate of drug-likeness (QED) is 0.213. The van der Waals surface area contributed by atoms with Crippen LogP contribution >= 0.6 is 27.7 Å². The zero-order valence-corrected chi connectivity index (χ0v) is 23.4. The highest BCUT2D eigenvalue weighted by atomic mass is 79.9. The minimum absolute atomic E-state index is 0.0553. The lowest BCUT2D eigenvalue weighted by molar-refractivity contribution is -0.130. The van der Waals surface area contributed by atoms with Gasteiger partial charge in [0.05, 0.1) is 31.7 Å². The molecule has 6 nitrogen and oxygen atoms in total. The molecule has 37 heavy (non-hydrogen) atoms. The maximum absolute atomic E-state index is 13.7. The lowest BCUT2D eigenvalue weighted by Gasteiger charge is -2.24. The van der Waals surface area contributed by atoms with Crippen LogP contribution in [0.5, 0.6) is 11.5 Å². The van der Waals surface area contributed by atoms with E-state index in [1.165, 1.54) is 5.52 Å². The molecule has 1 atom stereocenters. The highest BCUT2D eigenvalue weighted by Gasteiger charge is 2.35. The molecule has 0 N–H and O–H groups in total. The summed E-state index contributed by atoms with van der Waals surface area (Å²) in [5.41, 5.74) is 3.90. The molecule has 1 aliphatic rings. The second kappa shape index (κ2) is 11.0. The summed E-state index contributed by atoms with van der Waals surface area (Å²) in [7, 11) is 3.24. The number of benzene rings is 3. The first-order valence-corrected chi connectivity index (χ1v) is 13.9. The molecular weight excluding hydrogens is 550 g/mol. The van der Waals surface area contributed by atoms with E-state index in [2.05, 4.69) is 45.8 Å². The van der Waals surface area contributed by atoms with Crippen molar-refractivity contribution in [1.29, 1.82) is 0 Å². The van der Waals surface area contributed by atoms with Gasteiger partial charge < -0.3 is 14.0 Å². The number of para-hydroxylation sites is 2. The number of carbonyl (C=O) groups is 1. The van der Waals surface area contributed by atoms with Crippen molar-refractivity contribution in [2.24, 2.45) is 5.10 Å². The Labute approximate surface area is 229 Å². The number of halogens is 1. The van der Waals surface area contributed by atoms with Gasteiger partial charge in [-0.3, -0.25) is 4.79 Å². The van der Waals surface area contributed by atoms with Crippen molar-refractivity contribution in [2.45, 2.75) is 30.8 Å². The number of thioether (sulfide) groups is 1. The van der Waals surface area contributed by atoms with Crippen LogP contribution in [0.1, 0.15) is 30.5 Å². The lowest BCUT2D eigenvalue weighted by atomic mass is 9.97. The molecule has 0 fully saturated rings. The Morgan fingerprint density at radius 2 is 1.84 bits per heavy atom. The second-order valence-corrected chi connectivity index (χ2v) is 10.6. The Bertz CT molecular complexity index is 1470. The third-order valence-corrected chi connectivity index (χ3v) is 8.14. The predicted octanol–water partition coefficient (Wildman–Crippen LogP) is 6.91. The van der Waals surface area contributed by atoms with E-state index < -0.39 is 0 Å². The summed E-state index contributed by atoms with van der Waals surface area (Å²) in [6.07, 6.45) is 2.71. The molecule has 0 saturated carbocycles. The zero-order chi connectivity index (χ0) is 25.9. The molecule has 1 amide bonds. The summed E-state index contributed by atoms with van der Waals surface area (Å²) in [6, 6.07) is 21.8. The number of aryl methyl sites for hydroxylation is 1. The van der Waals surface area contributed by atoms with Crippen LogP contribution in [0.4, 0.5) is 0 Å². The number of rotatable bonds is 8. The minimum Gasteiger partial charge on any atom is -0.493 e. The van der Waals surface area contributed by atoms with Gasteiger partial charge in [-0.15, -0.1) is 11.8 Å². The maximum atomic E-state index is 13.7. The third-order valence-electron chi connectivity index (χ3n) is 6.58. The number of amides is 1. The summed E-state index contributed by atoms with van der Waals surface area (Å²) in [4.78, 5) is 14.8. The first kappa shape index (κ1) is 25.4. The molecule has 190 valence electrons. The van der Waals surface area contributed by atoms with Crippen molar-refractivity contribution in [3.8, 4) is 11.5 Å². The molecule has 0 bridgehead atoms. The van der Waals surface area contributed by atoms with E-state index in [9.17, 15) is 4.79 Å². The molecule has 1 unspecified atom stereocenters. The molecule has 8 heteroatoms. The Morgan fingerprint density at radius 3 is 2.57 bits per heavy atom. The summed E-state index contributed by atoms with van der Waals surface area (Å²) in [5, 5.41) is 7.63. The lowest BCUT2D eigenvalue weighted by Crippen LogP contribution is -2.28. The number of methoxy groups -OCH3 is 2. The summed E-state index contributed by atoms with van der Waals surface area (Å²) in [5.74, 6) is 1.47. The van der Waals surface area contributed by atoms with Gasteiger partial charge >= 0.3 is 0 Å². The third kappa shape index (κ3) is 5.00. The zero-order valence-electron chi connectivity index (χ0n) is 21.0. The summed E-state index contributed by atoms with van der Waals surface area (Å²) in [6.45, 7) is 3.00. The number of nitrogens with zero attached hydrogens (tertiary/aromatic N) is 3. The van der Waals surface area contributed by atoms with Crippen molar-refractivity contribution >= 4 is 50.2 Å². The Morgan fingerprint density at radius 1 is 1.05 bits per heavy atom. The summed E-state index contributed by atoms with van der Waals surface area (Å²) >= 11 is 5.05. The number of carbonyl (C=O) groups excluding carboxylic acids is 1. The fourth-order valence-electron chi connectivity index (χ4n) is 4.77. The first-order valence-electron chi connectivity index (χ1n) is 12.1.